The van der Waals surface area contributed by atoms with Crippen LogP contribution in [-0.2, 0) is 4.79 Å². The third-order valence-corrected chi connectivity index (χ3v) is 1.14. The van der Waals surface area contributed by atoms with E-state index < -0.39 is 5.97 Å². The molecule has 0 saturated heterocycles. The lowest BCUT2D eigenvalue weighted by molar-refractivity contribution is -0.130. The first-order chi connectivity index (χ1) is 5.22. The average Bonchev–Trinajstić information content (AvgIpc) is 2.05. The predicted molar refractivity (Wildman–Crippen MR) is 38.7 cm³/mol. The summed E-state index contributed by atoms with van der Waals surface area (Å²) in [6, 6.07) is 3.15. The quantitative estimate of drug-likeness (QED) is 0.626. The molecule has 0 radical (unpaired) electrons. The lowest BCUT2D eigenvalue weighted by atomic mass is 10.2. The Kier molecular flexibility index (Phi) is 1.96. The van der Waals surface area contributed by atoms with Gasteiger partial charge in [-0.3, -0.25) is 0 Å². The lowest BCUT2D eigenvalue weighted by Gasteiger charge is -1.94. The van der Waals surface area contributed by atoms with Crippen LogP contribution in [0.2, 0.25) is 0 Å². The highest BCUT2D eigenvalue weighted by Crippen LogP contribution is 2.05. The zero-order valence-electron chi connectivity index (χ0n) is 5.69. The van der Waals surface area contributed by atoms with Crippen molar-refractivity contribution < 1.29 is 9.90 Å². The molecule has 1 aromatic heterocycles. The molecule has 0 unspecified atom stereocenters. The lowest BCUT2D eigenvalue weighted by Crippen LogP contribution is -2.00. The van der Waals surface area contributed by atoms with Crippen molar-refractivity contribution in [2.45, 2.75) is 0 Å². The van der Waals surface area contributed by atoms with Crippen LogP contribution in [0.25, 0.3) is 5.57 Å². The number of hydrogen-bond acceptors (Lipinski definition) is 3. The molecule has 56 valence electrons. The van der Waals surface area contributed by atoms with Crippen molar-refractivity contribution in [3.8, 4) is 0 Å². The van der Waals surface area contributed by atoms with Gasteiger partial charge in [0.2, 0.25) is 0 Å². The standard InChI is InChI=1S/C7H6N2O2/c1-5(7(10)11)6-3-2-4-8-9-6/h2-4H,1H2,(H,10,11). The van der Waals surface area contributed by atoms with E-state index in [0.29, 0.717) is 5.69 Å². The molecule has 4 heteroatoms. The maximum Gasteiger partial charge on any atom is 0.337 e. The topological polar surface area (TPSA) is 63.1 Å². The van der Waals surface area contributed by atoms with Gasteiger partial charge in [-0.25, -0.2) is 4.79 Å². The molecule has 0 aliphatic heterocycles. The number of rotatable bonds is 2. The minimum absolute atomic E-state index is 0.0434. The van der Waals surface area contributed by atoms with Crippen LogP contribution in [0.5, 0.6) is 0 Å². The van der Waals surface area contributed by atoms with E-state index >= 15 is 0 Å². The van der Waals surface area contributed by atoms with Crippen LogP contribution in [0.4, 0.5) is 0 Å². The summed E-state index contributed by atoms with van der Waals surface area (Å²) in [5.41, 5.74) is 0.248. The summed E-state index contributed by atoms with van der Waals surface area (Å²) in [6.45, 7) is 3.32. The van der Waals surface area contributed by atoms with E-state index in [9.17, 15) is 4.79 Å². The van der Waals surface area contributed by atoms with E-state index in [2.05, 4.69) is 16.8 Å². The largest absolute Gasteiger partial charge is 0.478 e. The number of carboxylic acid groups (broad SMARTS) is 1. The molecule has 0 saturated carbocycles. The summed E-state index contributed by atoms with van der Waals surface area (Å²) in [5, 5.41) is 15.6. The fraction of sp³-hybridized carbons (Fsp3) is 0. The number of nitrogens with zero attached hydrogens (tertiary/aromatic N) is 2. The zero-order chi connectivity index (χ0) is 8.27. The Morgan fingerprint density at radius 1 is 1.64 bits per heavy atom. The van der Waals surface area contributed by atoms with Crippen LogP contribution in [-0.4, -0.2) is 21.3 Å². The van der Waals surface area contributed by atoms with Crippen LogP contribution >= 0.6 is 0 Å². The van der Waals surface area contributed by atoms with Gasteiger partial charge >= 0.3 is 5.97 Å². The van der Waals surface area contributed by atoms with Gasteiger partial charge in [-0.1, -0.05) is 6.58 Å². The van der Waals surface area contributed by atoms with Gasteiger partial charge in [0.15, 0.2) is 0 Å². The van der Waals surface area contributed by atoms with Gasteiger partial charge in [-0.2, -0.15) is 10.2 Å². The van der Waals surface area contributed by atoms with E-state index in [0.717, 1.165) is 0 Å². The van der Waals surface area contributed by atoms with E-state index in [-0.39, 0.29) is 5.57 Å². The highest BCUT2D eigenvalue weighted by Gasteiger charge is 2.07. The molecule has 0 spiro atoms. The van der Waals surface area contributed by atoms with E-state index in [1.54, 1.807) is 12.1 Å². The Morgan fingerprint density at radius 3 is 2.82 bits per heavy atom. The second-order valence-corrected chi connectivity index (χ2v) is 1.89. The second kappa shape index (κ2) is 2.92. The number of aromatic nitrogens is 2. The van der Waals surface area contributed by atoms with Crippen molar-refractivity contribution >= 4 is 11.5 Å². The Morgan fingerprint density at radius 2 is 2.36 bits per heavy atom. The van der Waals surface area contributed by atoms with E-state index in [4.69, 9.17) is 5.11 Å². The monoisotopic (exact) mass is 150 g/mol. The van der Waals surface area contributed by atoms with Crippen molar-refractivity contribution in [2.24, 2.45) is 0 Å². The van der Waals surface area contributed by atoms with Crippen molar-refractivity contribution in [1.82, 2.24) is 10.2 Å². The van der Waals surface area contributed by atoms with Crippen molar-refractivity contribution in [2.75, 3.05) is 0 Å². The van der Waals surface area contributed by atoms with Gasteiger partial charge in [-0.15, -0.1) is 0 Å². The number of carboxylic acids is 1. The Labute approximate surface area is 63.2 Å². The average molecular weight is 150 g/mol. The van der Waals surface area contributed by atoms with Gasteiger partial charge in [0.1, 0.15) is 0 Å². The van der Waals surface area contributed by atoms with Crippen LogP contribution < -0.4 is 0 Å². The van der Waals surface area contributed by atoms with Gasteiger partial charge in [0.25, 0.3) is 0 Å². The summed E-state index contributed by atoms with van der Waals surface area (Å²) in [4.78, 5) is 10.3. The number of aliphatic carboxylic acids is 1. The predicted octanol–water partition coefficient (Wildman–Crippen LogP) is 0.574. The molecule has 0 aliphatic rings. The molecular weight excluding hydrogens is 144 g/mol. The second-order valence-electron chi connectivity index (χ2n) is 1.89. The van der Waals surface area contributed by atoms with Gasteiger partial charge < -0.3 is 5.11 Å². The highest BCUT2D eigenvalue weighted by molar-refractivity contribution is 6.13. The van der Waals surface area contributed by atoms with Crippen molar-refractivity contribution in [1.29, 1.82) is 0 Å². The first-order valence-electron chi connectivity index (χ1n) is 2.92. The number of carbonyl (C=O) groups is 1. The fourth-order valence-electron chi connectivity index (χ4n) is 0.572. The molecule has 1 heterocycles. The van der Waals surface area contributed by atoms with Gasteiger partial charge in [0.05, 0.1) is 11.3 Å². The highest BCUT2D eigenvalue weighted by atomic mass is 16.4. The van der Waals surface area contributed by atoms with Crippen LogP contribution in [0.1, 0.15) is 5.69 Å². The summed E-state index contributed by atoms with van der Waals surface area (Å²) in [7, 11) is 0. The molecule has 0 aliphatic carbocycles. The maximum atomic E-state index is 10.3. The van der Waals surface area contributed by atoms with Crippen LogP contribution in [0, 0.1) is 0 Å². The van der Waals surface area contributed by atoms with Crippen LogP contribution in [0.3, 0.4) is 0 Å². The Hall–Kier alpha value is -1.71. The summed E-state index contributed by atoms with van der Waals surface area (Å²) >= 11 is 0. The molecule has 4 nitrogen and oxygen atoms in total. The Balaban J connectivity index is 2.95. The Bertz CT molecular complexity index is 282. The SMILES string of the molecule is C=C(C(=O)O)c1cccnn1. The first kappa shape index (κ1) is 7.40. The summed E-state index contributed by atoms with van der Waals surface area (Å²) in [5.74, 6) is -1.08. The van der Waals surface area contributed by atoms with Gasteiger partial charge in [-0.05, 0) is 12.1 Å². The summed E-state index contributed by atoms with van der Waals surface area (Å²) in [6.07, 6.45) is 1.47. The zero-order valence-corrected chi connectivity index (χ0v) is 5.69. The molecule has 0 fully saturated rings. The van der Waals surface area contributed by atoms with Crippen molar-refractivity contribution in [3.05, 3.63) is 30.6 Å². The molecular formula is C7H6N2O2. The smallest absolute Gasteiger partial charge is 0.337 e. The molecule has 0 bridgehead atoms. The van der Waals surface area contributed by atoms with Crippen molar-refractivity contribution in [3.63, 3.8) is 0 Å². The minimum Gasteiger partial charge on any atom is -0.478 e. The maximum absolute atomic E-state index is 10.3. The molecule has 1 rings (SSSR count). The molecule has 1 N–H and O–H groups in total. The third kappa shape index (κ3) is 1.61. The normalized spacial score (nSPS) is 9.09. The molecule has 0 atom stereocenters. The fourth-order valence-corrected chi connectivity index (χ4v) is 0.572. The van der Waals surface area contributed by atoms with Crippen LogP contribution in [0.15, 0.2) is 24.9 Å². The molecule has 0 amide bonds. The first-order valence-corrected chi connectivity index (χ1v) is 2.92. The van der Waals surface area contributed by atoms with E-state index in [1.807, 2.05) is 0 Å². The third-order valence-electron chi connectivity index (χ3n) is 1.14. The molecule has 0 aromatic carbocycles. The van der Waals surface area contributed by atoms with E-state index in [1.165, 1.54) is 6.20 Å². The molecule has 11 heavy (non-hydrogen) atoms. The van der Waals surface area contributed by atoms with Gasteiger partial charge in [0, 0.05) is 6.20 Å². The summed E-state index contributed by atoms with van der Waals surface area (Å²) < 4.78 is 0. The minimum atomic E-state index is -1.08. The molecule has 1 aromatic rings. The number of hydrogen-bond donors (Lipinski definition) is 1.